The van der Waals surface area contributed by atoms with Crippen LogP contribution in [0.2, 0.25) is 0 Å². The molecule has 1 aromatic carbocycles. The number of hydrogen-bond donors (Lipinski definition) is 1. The number of hydrogen-bond acceptors (Lipinski definition) is 3. The summed E-state index contributed by atoms with van der Waals surface area (Å²) in [5, 5.41) is 0. The van der Waals surface area contributed by atoms with Gasteiger partial charge in [0.05, 0.1) is 18.1 Å². The smallest absolute Gasteiger partial charge is 0.175 e. The molecule has 1 aliphatic rings. The summed E-state index contributed by atoms with van der Waals surface area (Å²) in [7, 11) is 0. The van der Waals surface area contributed by atoms with Crippen molar-refractivity contribution >= 4 is 21.7 Å². The average Bonchev–Trinajstić information content (AvgIpc) is 2.18. The monoisotopic (exact) mass is 255 g/mol. The summed E-state index contributed by atoms with van der Waals surface area (Å²) in [5.41, 5.74) is 6.10. The molecule has 0 bridgehead atoms. The fourth-order valence-electron chi connectivity index (χ4n) is 1.51. The first-order valence-corrected chi connectivity index (χ1v) is 5.19. The molecule has 1 aromatic rings. The van der Waals surface area contributed by atoms with Gasteiger partial charge in [0.15, 0.2) is 5.78 Å². The molecule has 4 heteroatoms. The molecule has 2 rings (SSSR count). The third-order valence-corrected chi connectivity index (χ3v) is 2.98. The van der Waals surface area contributed by atoms with Gasteiger partial charge in [-0.3, -0.25) is 4.79 Å². The molecule has 14 heavy (non-hydrogen) atoms. The van der Waals surface area contributed by atoms with Gasteiger partial charge in [-0.2, -0.15) is 0 Å². The van der Waals surface area contributed by atoms with Gasteiger partial charge >= 0.3 is 0 Å². The van der Waals surface area contributed by atoms with Crippen molar-refractivity contribution in [2.45, 2.75) is 0 Å². The predicted octanol–water partition coefficient (Wildman–Crippen LogP) is 1.60. The molecule has 3 nitrogen and oxygen atoms in total. The van der Waals surface area contributed by atoms with E-state index in [-0.39, 0.29) is 11.7 Å². The van der Waals surface area contributed by atoms with Crippen molar-refractivity contribution in [2.75, 3.05) is 13.2 Å². The third-order valence-electron chi connectivity index (χ3n) is 2.32. The van der Waals surface area contributed by atoms with E-state index in [1.807, 2.05) is 12.1 Å². The third kappa shape index (κ3) is 1.44. The molecule has 0 aromatic heterocycles. The molecule has 0 aliphatic carbocycles. The van der Waals surface area contributed by atoms with Gasteiger partial charge in [0.25, 0.3) is 0 Å². The van der Waals surface area contributed by atoms with Gasteiger partial charge in [0, 0.05) is 11.0 Å². The summed E-state index contributed by atoms with van der Waals surface area (Å²) in [4.78, 5) is 11.9. The number of Topliss-reactive ketones (excluding diaryl/α,β-unsaturated/α-hetero) is 1. The zero-order valence-electron chi connectivity index (χ0n) is 7.50. The van der Waals surface area contributed by atoms with Crippen LogP contribution in [0.1, 0.15) is 10.4 Å². The van der Waals surface area contributed by atoms with E-state index in [9.17, 15) is 4.79 Å². The van der Waals surface area contributed by atoms with Crippen LogP contribution in [0.3, 0.4) is 0 Å². The second-order valence-corrected chi connectivity index (χ2v) is 4.08. The van der Waals surface area contributed by atoms with Crippen molar-refractivity contribution in [3.63, 3.8) is 0 Å². The Morgan fingerprint density at radius 2 is 2.36 bits per heavy atom. The molecule has 1 aliphatic heterocycles. The highest BCUT2D eigenvalue weighted by Gasteiger charge is 2.29. The van der Waals surface area contributed by atoms with Crippen molar-refractivity contribution < 1.29 is 9.53 Å². The first-order chi connectivity index (χ1) is 6.74. The lowest BCUT2D eigenvalue weighted by molar-refractivity contribution is 0.0838. The lowest BCUT2D eigenvalue weighted by Crippen LogP contribution is -2.33. The van der Waals surface area contributed by atoms with E-state index in [2.05, 4.69) is 15.9 Å². The first kappa shape index (κ1) is 9.68. The van der Waals surface area contributed by atoms with Gasteiger partial charge in [-0.15, -0.1) is 0 Å². The first-order valence-electron chi connectivity index (χ1n) is 4.39. The molecule has 0 fully saturated rings. The molecule has 0 radical (unpaired) electrons. The second-order valence-electron chi connectivity index (χ2n) is 3.22. The Bertz CT molecular complexity index is 378. The molecule has 0 spiro atoms. The molecule has 0 saturated carbocycles. The molecular weight excluding hydrogens is 246 g/mol. The van der Waals surface area contributed by atoms with Crippen molar-refractivity contribution in [1.29, 1.82) is 0 Å². The maximum atomic E-state index is 11.9. The highest BCUT2D eigenvalue weighted by molar-refractivity contribution is 9.10. The highest BCUT2D eigenvalue weighted by Crippen LogP contribution is 2.32. The molecule has 1 heterocycles. The van der Waals surface area contributed by atoms with Crippen molar-refractivity contribution in [1.82, 2.24) is 0 Å². The quantitative estimate of drug-likeness (QED) is 0.830. The maximum Gasteiger partial charge on any atom is 0.175 e. The topological polar surface area (TPSA) is 52.3 Å². The molecular formula is C10H10BrNO2. The van der Waals surface area contributed by atoms with Crippen LogP contribution in [-0.4, -0.2) is 18.9 Å². The Kier molecular flexibility index (Phi) is 2.56. The minimum Gasteiger partial charge on any atom is -0.492 e. The van der Waals surface area contributed by atoms with E-state index in [0.717, 1.165) is 4.47 Å². The molecule has 1 atom stereocenters. The minimum atomic E-state index is -0.207. The van der Waals surface area contributed by atoms with E-state index in [1.165, 1.54) is 0 Å². The van der Waals surface area contributed by atoms with Gasteiger partial charge in [-0.25, -0.2) is 0 Å². The van der Waals surface area contributed by atoms with Crippen LogP contribution < -0.4 is 10.5 Å². The van der Waals surface area contributed by atoms with Crippen molar-refractivity contribution in [2.24, 2.45) is 11.7 Å². The summed E-state index contributed by atoms with van der Waals surface area (Å²) in [6.45, 7) is 0.721. The minimum absolute atomic E-state index is 0.0706. The van der Waals surface area contributed by atoms with E-state index in [1.54, 1.807) is 6.07 Å². The maximum absolute atomic E-state index is 11.9. The fraction of sp³-hybridized carbons (Fsp3) is 0.300. The molecule has 74 valence electrons. The number of carbonyl (C=O) groups excluding carboxylic acids is 1. The highest BCUT2D eigenvalue weighted by atomic mass is 79.9. The second kappa shape index (κ2) is 3.71. The Labute approximate surface area is 90.4 Å². The number of ketones is 1. The number of rotatable bonds is 1. The molecule has 2 N–H and O–H groups in total. The van der Waals surface area contributed by atoms with Crippen molar-refractivity contribution in [3.05, 3.63) is 28.2 Å². The summed E-state index contributed by atoms with van der Waals surface area (Å²) >= 11 is 3.34. The number of benzene rings is 1. The summed E-state index contributed by atoms with van der Waals surface area (Å²) < 4.78 is 6.22. The number of nitrogens with two attached hydrogens (primary N) is 1. The normalized spacial score (nSPS) is 20.1. The Balaban J connectivity index is 2.48. The lowest BCUT2D eigenvalue weighted by Gasteiger charge is -2.23. The van der Waals surface area contributed by atoms with Gasteiger partial charge in [0.2, 0.25) is 0 Å². The SMILES string of the molecule is NCC1COc2cccc(Br)c2C1=O. The van der Waals surface area contributed by atoms with Crippen LogP contribution in [0.15, 0.2) is 22.7 Å². The Hall–Kier alpha value is -0.870. The van der Waals surface area contributed by atoms with Crippen LogP contribution >= 0.6 is 15.9 Å². The van der Waals surface area contributed by atoms with Crippen molar-refractivity contribution in [3.8, 4) is 5.75 Å². The molecule has 1 unspecified atom stereocenters. The zero-order chi connectivity index (χ0) is 10.1. The zero-order valence-corrected chi connectivity index (χ0v) is 9.08. The van der Waals surface area contributed by atoms with Gasteiger partial charge < -0.3 is 10.5 Å². The van der Waals surface area contributed by atoms with Crippen LogP contribution in [0.25, 0.3) is 0 Å². The van der Waals surface area contributed by atoms with E-state index < -0.39 is 0 Å². The van der Waals surface area contributed by atoms with Crippen LogP contribution in [0.5, 0.6) is 5.75 Å². The fourth-order valence-corrected chi connectivity index (χ4v) is 2.05. The number of ether oxygens (including phenoxy) is 1. The van der Waals surface area contributed by atoms with Gasteiger partial charge in [-0.1, -0.05) is 6.07 Å². The standard InChI is InChI=1S/C10H10BrNO2/c11-7-2-1-3-8-9(7)10(13)6(4-12)5-14-8/h1-3,6H,4-5,12H2. The predicted molar refractivity (Wildman–Crippen MR) is 56.5 cm³/mol. The van der Waals surface area contributed by atoms with Gasteiger partial charge in [0.1, 0.15) is 5.75 Å². The summed E-state index contributed by atoms with van der Waals surface area (Å²) in [5.74, 6) is 0.511. The van der Waals surface area contributed by atoms with Crippen LogP contribution in [-0.2, 0) is 0 Å². The summed E-state index contributed by atoms with van der Waals surface area (Å²) in [6, 6.07) is 5.47. The van der Waals surface area contributed by atoms with E-state index in [0.29, 0.717) is 24.5 Å². The van der Waals surface area contributed by atoms with E-state index in [4.69, 9.17) is 10.5 Å². The molecule has 0 amide bonds. The lowest BCUT2D eigenvalue weighted by atomic mass is 9.95. The molecule has 0 saturated heterocycles. The Morgan fingerprint density at radius 1 is 1.57 bits per heavy atom. The number of halogens is 1. The number of carbonyl (C=O) groups is 1. The largest absolute Gasteiger partial charge is 0.492 e. The van der Waals surface area contributed by atoms with Gasteiger partial charge in [-0.05, 0) is 28.1 Å². The van der Waals surface area contributed by atoms with Crippen LogP contribution in [0, 0.1) is 5.92 Å². The summed E-state index contributed by atoms with van der Waals surface area (Å²) in [6.07, 6.45) is 0. The average molecular weight is 256 g/mol. The number of fused-ring (bicyclic) bond motifs is 1. The Morgan fingerprint density at radius 3 is 3.07 bits per heavy atom. The van der Waals surface area contributed by atoms with E-state index >= 15 is 0 Å². The van der Waals surface area contributed by atoms with Crippen LogP contribution in [0.4, 0.5) is 0 Å².